The summed E-state index contributed by atoms with van der Waals surface area (Å²) in [6.07, 6.45) is 4.40. The lowest BCUT2D eigenvalue weighted by atomic mass is 9.96. The molecular weight excluding hydrogens is 234 g/mol. The van der Waals surface area contributed by atoms with E-state index >= 15 is 0 Å². The zero-order valence-corrected chi connectivity index (χ0v) is 13.2. The Balaban J connectivity index is 2.18. The Morgan fingerprint density at radius 2 is 1.89 bits per heavy atom. The predicted molar refractivity (Wildman–Crippen MR) is 80.9 cm³/mol. The van der Waals surface area contributed by atoms with Crippen LogP contribution in [0.2, 0.25) is 0 Å². The van der Waals surface area contributed by atoms with Crippen LogP contribution in [0.5, 0.6) is 0 Å². The van der Waals surface area contributed by atoms with Crippen LogP contribution >= 0.6 is 0 Å². The molecule has 0 aromatic heterocycles. The monoisotopic (exact) mass is 265 g/mol. The third-order valence-electron chi connectivity index (χ3n) is 4.48. The van der Waals surface area contributed by atoms with Gasteiger partial charge in [-0.05, 0) is 57.5 Å². The molecule has 1 aliphatic rings. The maximum absolute atomic E-state index is 9.27. The molecule has 1 heterocycles. The Labute approximate surface area is 119 Å². The van der Waals surface area contributed by atoms with Crippen LogP contribution in [0.15, 0.2) is 0 Å². The highest BCUT2D eigenvalue weighted by Crippen LogP contribution is 2.22. The second-order valence-electron chi connectivity index (χ2n) is 6.54. The minimum absolute atomic E-state index is 0.332. The van der Waals surface area contributed by atoms with Crippen molar-refractivity contribution in [1.82, 2.24) is 10.2 Å². The molecule has 0 saturated carbocycles. The lowest BCUT2D eigenvalue weighted by molar-refractivity contribution is 0.305. The number of rotatable bonds is 8. The zero-order valence-electron chi connectivity index (χ0n) is 13.2. The molecule has 110 valence electrons. The summed E-state index contributed by atoms with van der Waals surface area (Å²) in [6.45, 7) is 13.5. The smallest absolute Gasteiger partial charge is 0.103 e. The van der Waals surface area contributed by atoms with E-state index in [4.69, 9.17) is 0 Å². The standard InChI is InChI=1S/C16H31N3/c1-5-9-18-16(4,13-17)8-6-7-10-19-11-14(2)15(3)12-19/h14-15,18H,5-12H2,1-4H3. The summed E-state index contributed by atoms with van der Waals surface area (Å²) in [5.41, 5.74) is -0.332. The molecule has 0 bridgehead atoms. The van der Waals surface area contributed by atoms with Crippen molar-refractivity contribution < 1.29 is 0 Å². The molecule has 1 N–H and O–H groups in total. The van der Waals surface area contributed by atoms with Gasteiger partial charge in [0.05, 0.1) is 6.07 Å². The average molecular weight is 265 g/mol. The van der Waals surface area contributed by atoms with Crippen molar-refractivity contribution >= 4 is 0 Å². The lowest BCUT2D eigenvalue weighted by Crippen LogP contribution is -2.41. The molecule has 3 atom stereocenters. The zero-order chi connectivity index (χ0) is 14.3. The van der Waals surface area contributed by atoms with E-state index in [0.717, 1.165) is 37.6 Å². The average Bonchev–Trinajstić information content (AvgIpc) is 2.72. The predicted octanol–water partition coefficient (Wildman–Crippen LogP) is 3.03. The quantitative estimate of drug-likeness (QED) is 0.686. The van der Waals surface area contributed by atoms with Gasteiger partial charge in [0.2, 0.25) is 0 Å². The first-order chi connectivity index (χ1) is 9.00. The molecule has 1 aliphatic heterocycles. The van der Waals surface area contributed by atoms with E-state index in [9.17, 15) is 5.26 Å². The van der Waals surface area contributed by atoms with E-state index in [2.05, 4.69) is 37.1 Å². The summed E-state index contributed by atoms with van der Waals surface area (Å²) in [5, 5.41) is 12.6. The number of nitriles is 1. The van der Waals surface area contributed by atoms with Gasteiger partial charge < -0.3 is 4.90 Å². The number of nitrogens with one attached hydrogen (secondary N) is 1. The maximum atomic E-state index is 9.27. The first-order valence-electron chi connectivity index (χ1n) is 7.89. The molecule has 0 radical (unpaired) electrons. The van der Waals surface area contributed by atoms with Gasteiger partial charge in [0.1, 0.15) is 5.54 Å². The third kappa shape index (κ3) is 5.50. The highest BCUT2D eigenvalue weighted by atomic mass is 15.1. The van der Waals surface area contributed by atoms with Gasteiger partial charge in [0, 0.05) is 13.1 Å². The Morgan fingerprint density at radius 3 is 2.42 bits per heavy atom. The van der Waals surface area contributed by atoms with Gasteiger partial charge in [-0.15, -0.1) is 0 Å². The van der Waals surface area contributed by atoms with Crippen molar-refractivity contribution in [2.24, 2.45) is 11.8 Å². The van der Waals surface area contributed by atoms with Crippen molar-refractivity contribution in [2.75, 3.05) is 26.2 Å². The Kier molecular flexibility index (Phi) is 6.82. The van der Waals surface area contributed by atoms with Crippen molar-refractivity contribution in [3.63, 3.8) is 0 Å². The van der Waals surface area contributed by atoms with Crippen LogP contribution in [0.25, 0.3) is 0 Å². The minimum Gasteiger partial charge on any atom is -0.303 e. The van der Waals surface area contributed by atoms with Crippen LogP contribution in [-0.4, -0.2) is 36.6 Å². The fourth-order valence-electron chi connectivity index (χ4n) is 2.83. The fourth-order valence-corrected chi connectivity index (χ4v) is 2.83. The van der Waals surface area contributed by atoms with Crippen LogP contribution < -0.4 is 5.32 Å². The van der Waals surface area contributed by atoms with Crippen LogP contribution in [0.3, 0.4) is 0 Å². The molecular formula is C16H31N3. The molecule has 3 nitrogen and oxygen atoms in total. The van der Waals surface area contributed by atoms with Gasteiger partial charge in [-0.2, -0.15) is 5.26 Å². The second-order valence-corrected chi connectivity index (χ2v) is 6.54. The van der Waals surface area contributed by atoms with E-state index in [-0.39, 0.29) is 5.54 Å². The lowest BCUT2D eigenvalue weighted by Gasteiger charge is -2.23. The molecule has 3 heteroatoms. The Hall–Kier alpha value is -0.590. The summed E-state index contributed by atoms with van der Waals surface area (Å²) < 4.78 is 0. The number of nitrogens with zero attached hydrogens (tertiary/aromatic N) is 2. The molecule has 19 heavy (non-hydrogen) atoms. The fraction of sp³-hybridized carbons (Fsp3) is 0.938. The molecule has 0 aliphatic carbocycles. The highest BCUT2D eigenvalue weighted by Gasteiger charge is 2.26. The number of hydrogen-bond donors (Lipinski definition) is 1. The highest BCUT2D eigenvalue weighted by molar-refractivity contribution is 5.03. The van der Waals surface area contributed by atoms with Gasteiger partial charge in [-0.3, -0.25) is 5.32 Å². The van der Waals surface area contributed by atoms with E-state index in [1.54, 1.807) is 0 Å². The van der Waals surface area contributed by atoms with Crippen LogP contribution in [0, 0.1) is 23.2 Å². The van der Waals surface area contributed by atoms with E-state index < -0.39 is 0 Å². The number of likely N-dealkylation sites (tertiary alicyclic amines) is 1. The SMILES string of the molecule is CCCNC(C)(C#N)CCCCN1CC(C)C(C)C1. The van der Waals surface area contributed by atoms with Crippen LogP contribution in [-0.2, 0) is 0 Å². The molecule has 0 aromatic carbocycles. The summed E-state index contributed by atoms with van der Waals surface area (Å²) in [6, 6.07) is 2.43. The third-order valence-corrected chi connectivity index (χ3v) is 4.48. The molecule has 1 saturated heterocycles. The molecule has 1 fully saturated rings. The largest absolute Gasteiger partial charge is 0.303 e. The van der Waals surface area contributed by atoms with Crippen LogP contribution in [0.1, 0.15) is 53.4 Å². The normalized spacial score (nSPS) is 27.1. The van der Waals surface area contributed by atoms with Gasteiger partial charge in [-0.1, -0.05) is 20.8 Å². The van der Waals surface area contributed by atoms with Crippen molar-refractivity contribution in [3.8, 4) is 6.07 Å². The first-order valence-corrected chi connectivity index (χ1v) is 7.89. The van der Waals surface area contributed by atoms with Crippen molar-refractivity contribution in [1.29, 1.82) is 5.26 Å². The summed E-state index contributed by atoms with van der Waals surface area (Å²) >= 11 is 0. The first kappa shape index (κ1) is 16.5. The molecule has 3 unspecified atom stereocenters. The van der Waals surface area contributed by atoms with Gasteiger partial charge >= 0.3 is 0 Å². The Morgan fingerprint density at radius 1 is 1.26 bits per heavy atom. The van der Waals surface area contributed by atoms with E-state index in [0.29, 0.717) is 0 Å². The van der Waals surface area contributed by atoms with Crippen molar-refractivity contribution in [2.45, 2.75) is 58.9 Å². The second kappa shape index (κ2) is 7.87. The minimum atomic E-state index is -0.332. The number of unbranched alkanes of at least 4 members (excludes halogenated alkanes) is 1. The molecule has 0 aromatic rings. The summed E-state index contributed by atoms with van der Waals surface area (Å²) in [5.74, 6) is 1.69. The van der Waals surface area contributed by atoms with Gasteiger partial charge in [0.25, 0.3) is 0 Å². The van der Waals surface area contributed by atoms with Gasteiger partial charge in [0.15, 0.2) is 0 Å². The topological polar surface area (TPSA) is 39.1 Å². The number of hydrogen-bond acceptors (Lipinski definition) is 3. The molecule has 0 spiro atoms. The Bertz CT molecular complexity index is 287. The van der Waals surface area contributed by atoms with Gasteiger partial charge in [-0.25, -0.2) is 0 Å². The molecule has 1 rings (SSSR count). The maximum Gasteiger partial charge on any atom is 0.103 e. The summed E-state index contributed by atoms with van der Waals surface area (Å²) in [7, 11) is 0. The van der Waals surface area contributed by atoms with Crippen molar-refractivity contribution in [3.05, 3.63) is 0 Å². The summed E-state index contributed by atoms with van der Waals surface area (Å²) in [4.78, 5) is 2.58. The van der Waals surface area contributed by atoms with Crippen LogP contribution in [0.4, 0.5) is 0 Å². The molecule has 0 amide bonds. The van der Waals surface area contributed by atoms with E-state index in [1.165, 1.54) is 26.1 Å². The van der Waals surface area contributed by atoms with E-state index in [1.807, 2.05) is 6.92 Å².